The summed E-state index contributed by atoms with van der Waals surface area (Å²) in [5.74, 6) is -0.835. The molecule has 6 heteroatoms. The molecule has 0 fully saturated rings. The number of nitrogens with zero attached hydrogens (tertiary/aromatic N) is 2. The molecule has 0 atom stereocenters. The minimum absolute atomic E-state index is 0.0778. The smallest absolute Gasteiger partial charge is 0.165 e. The fourth-order valence-electron chi connectivity index (χ4n) is 1.69. The third kappa shape index (κ3) is 2.71. The van der Waals surface area contributed by atoms with Crippen molar-refractivity contribution in [3.63, 3.8) is 0 Å². The van der Waals surface area contributed by atoms with Gasteiger partial charge in [0.1, 0.15) is 11.6 Å². The third-order valence-electron chi connectivity index (χ3n) is 2.63. The minimum Gasteiger partial charge on any atom is -0.494 e. The Morgan fingerprint density at radius 2 is 2.16 bits per heavy atom. The lowest BCUT2D eigenvalue weighted by atomic mass is 10.1. The SMILES string of the molecule is COc1cc(F)c(-c2cnc(CCC#N)[nH]2)cc1F. The summed E-state index contributed by atoms with van der Waals surface area (Å²) in [5.41, 5.74) is 0.445. The van der Waals surface area contributed by atoms with Crippen LogP contribution in [0.2, 0.25) is 0 Å². The topological polar surface area (TPSA) is 61.7 Å². The summed E-state index contributed by atoms with van der Waals surface area (Å²) in [7, 11) is 1.27. The standard InChI is InChI=1S/C13H11F2N3O/c1-19-12-6-9(14)8(5-10(12)15)11-7-17-13(18-11)3-2-4-16/h5-7H,2-3H2,1H3,(H,17,18). The van der Waals surface area contributed by atoms with Gasteiger partial charge in [-0.15, -0.1) is 0 Å². The van der Waals surface area contributed by atoms with Gasteiger partial charge in [0.2, 0.25) is 0 Å². The van der Waals surface area contributed by atoms with E-state index >= 15 is 0 Å². The lowest BCUT2D eigenvalue weighted by Gasteiger charge is -2.05. The highest BCUT2D eigenvalue weighted by molar-refractivity contribution is 5.61. The highest BCUT2D eigenvalue weighted by atomic mass is 19.1. The molecule has 0 saturated heterocycles. The summed E-state index contributed by atoms with van der Waals surface area (Å²) in [6.07, 6.45) is 2.17. The Balaban J connectivity index is 2.34. The Hall–Kier alpha value is -2.42. The van der Waals surface area contributed by atoms with Gasteiger partial charge in [0.15, 0.2) is 11.6 Å². The molecule has 1 heterocycles. The van der Waals surface area contributed by atoms with Crippen LogP contribution in [0.25, 0.3) is 11.3 Å². The molecule has 1 aromatic carbocycles. The van der Waals surface area contributed by atoms with E-state index in [1.54, 1.807) is 0 Å². The number of halogens is 2. The van der Waals surface area contributed by atoms with Crippen molar-refractivity contribution in [1.82, 2.24) is 9.97 Å². The van der Waals surface area contributed by atoms with Gasteiger partial charge >= 0.3 is 0 Å². The number of hydrogen-bond donors (Lipinski definition) is 1. The van der Waals surface area contributed by atoms with Gasteiger partial charge in [-0.2, -0.15) is 5.26 Å². The zero-order chi connectivity index (χ0) is 13.8. The number of rotatable bonds is 4. The molecule has 0 aliphatic rings. The van der Waals surface area contributed by atoms with E-state index in [9.17, 15) is 8.78 Å². The zero-order valence-electron chi connectivity index (χ0n) is 10.2. The molecular weight excluding hydrogens is 252 g/mol. The molecule has 2 rings (SSSR count). The Kier molecular flexibility index (Phi) is 3.76. The van der Waals surface area contributed by atoms with E-state index in [1.807, 2.05) is 6.07 Å². The molecule has 98 valence electrons. The van der Waals surface area contributed by atoms with Crippen LogP contribution in [0.4, 0.5) is 8.78 Å². The fourth-order valence-corrected chi connectivity index (χ4v) is 1.69. The number of aromatic amines is 1. The maximum Gasteiger partial charge on any atom is 0.165 e. The number of nitrogens with one attached hydrogen (secondary N) is 1. The predicted octanol–water partition coefficient (Wildman–Crippen LogP) is 2.82. The number of H-pyrrole nitrogens is 1. The molecule has 0 saturated carbocycles. The average molecular weight is 263 g/mol. The number of nitriles is 1. The van der Waals surface area contributed by atoms with E-state index in [4.69, 9.17) is 10.00 Å². The molecule has 0 radical (unpaired) electrons. The van der Waals surface area contributed by atoms with E-state index in [-0.39, 0.29) is 11.3 Å². The summed E-state index contributed by atoms with van der Waals surface area (Å²) >= 11 is 0. The zero-order valence-corrected chi connectivity index (χ0v) is 10.2. The number of imidazole rings is 1. The number of ether oxygens (including phenoxy) is 1. The average Bonchev–Trinajstić information content (AvgIpc) is 2.87. The van der Waals surface area contributed by atoms with Crippen LogP contribution in [0.3, 0.4) is 0 Å². The van der Waals surface area contributed by atoms with Gasteiger partial charge in [-0.25, -0.2) is 13.8 Å². The van der Waals surface area contributed by atoms with Gasteiger partial charge in [-0.05, 0) is 6.07 Å². The summed E-state index contributed by atoms with van der Waals surface area (Å²) < 4.78 is 32.1. The van der Waals surface area contributed by atoms with Crippen molar-refractivity contribution in [3.8, 4) is 23.1 Å². The third-order valence-corrected chi connectivity index (χ3v) is 2.63. The number of benzene rings is 1. The van der Waals surface area contributed by atoms with Gasteiger partial charge in [0.05, 0.1) is 25.1 Å². The highest BCUT2D eigenvalue weighted by Crippen LogP contribution is 2.27. The monoisotopic (exact) mass is 263 g/mol. The molecule has 1 aromatic heterocycles. The van der Waals surface area contributed by atoms with Crippen LogP contribution in [-0.2, 0) is 6.42 Å². The van der Waals surface area contributed by atoms with Crippen molar-refractivity contribution in [2.24, 2.45) is 0 Å². The van der Waals surface area contributed by atoms with Crippen LogP contribution < -0.4 is 4.74 Å². The summed E-state index contributed by atoms with van der Waals surface area (Å²) in [4.78, 5) is 6.88. The van der Waals surface area contributed by atoms with E-state index < -0.39 is 11.6 Å². The Bertz CT molecular complexity index is 631. The van der Waals surface area contributed by atoms with Crippen LogP contribution in [0.5, 0.6) is 5.75 Å². The second-order valence-electron chi connectivity index (χ2n) is 3.87. The molecule has 0 aliphatic carbocycles. The first-order valence-corrected chi connectivity index (χ1v) is 5.60. The van der Waals surface area contributed by atoms with E-state index in [1.165, 1.54) is 13.3 Å². The van der Waals surface area contributed by atoms with Gasteiger partial charge in [-0.3, -0.25) is 0 Å². The second-order valence-corrected chi connectivity index (χ2v) is 3.87. The number of methoxy groups -OCH3 is 1. The van der Waals surface area contributed by atoms with Crippen LogP contribution >= 0.6 is 0 Å². The van der Waals surface area contributed by atoms with Gasteiger partial charge in [-0.1, -0.05) is 0 Å². The maximum atomic E-state index is 13.8. The molecular formula is C13H11F2N3O. The fraction of sp³-hybridized carbons (Fsp3) is 0.231. The van der Waals surface area contributed by atoms with Crippen LogP contribution in [0, 0.1) is 23.0 Å². The van der Waals surface area contributed by atoms with Crippen molar-refractivity contribution >= 4 is 0 Å². The molecule has 1 N–H and O–H groups in total. The largest absolute Gasteiger partial charge is 0.494 e. The normalized spacial score (nSPS) is 10.2. The molecule has 0 aliphatic heterocycles. The van der Waals surface area contributed by atoms with E-state index in [2.05, 4.69) is 9.97 Å². The Morgan fingerprint density at radius 1 is 1.37 bits per heavy atom. The number of aryl methyl sites for hydroxylation is 1. The lowest BCUT2D eigenvalue weighted by Crippen LogP contribution is -1.93. The first kappa shape index (κ1) is 13.0. The Labute approximate surface area is 108 Å². The summed E-state index contributed by atoms with van der Waals surface area (Å²) in [6.45, 7) is 0. The molecule has 0 bridgehead atoms. The molecule has 0 unspecified atom stereocenters. The van der Waals surface area contributed by atoms with E-state index in [0.717, 1.165) is 12.1 Å². The van der Waals surface area contributed by atoms with Crippen LogP contribution in [0.15, 0.2) is 18.3 Å². The number of aromatic nitrogens is 2. The molecule has 0 spiro atoms. The summed E-state index contributed by atoms with van der Waals surface area (Å²) in [5, 5.41) is 8.47. The summed E-state index contributed by atoms with van der Waals surface area (Å²) in [6, 6.07) is 4.03. The first-order chi connectivity index (χ1) is 9.15. The van der Waals surface area contributed by atoms with Crippen molar-refractivity contribution in [2.45, 2.75) is 12.8 Å². The molecule has 19 heavy (non-hydrogen) atoms. The predicted molar refractivity (Wildman–Crippen MR) is 64.4 cm³/mol. The van der Waals surface area contributed by atoms with Gasteiger partial charge < -0.3 is 9.72 Å². The molecule has 4 nitrogen and oxygen atoms in total. The van der Waals surface area contributed by atoms with Crippen molar-refractivity contribution in [2.75, 3.05) is 7.11 Å². The second kappa shape index (κ2) is 5.48. The van der Waals surface area contributed by atoms with Gasteiger partial charge in [0.25, 0.3) is 0 Å². The van der Waals surface area contributed by atoms with E-state index in [0.29, 0.717) is 24.4 Å². The van der Waals surface area contributed by atoms with Gasteiger partial charge in [0, 0.05) is 24.5 Å². The molecule has 2 aromatic rings. The first-order valence-electron chi connectivity index (χ1n) is 5.60. The lowest BCUT2D eigenvalue weighted by molar-refractivity contribution is 0.383. The minimum atomic E-state index is -0.646. The number of hydrogen-bond acceptors (Lipinski definition) is 3. The van der Waals surface area contributed by atoms with Crippen molar-refractivity contribution in [3.05, 3.63) is 35.8 Å². The Morgan fingerprint density at radius 3 is 2.84 bits per heavy atom. The van der Waals surface area contributed by atoms with Crippen LogP contribution in [0.1, 0.15) is 12.2 Å². The maximum absolute atomic E-state index is 13.8. The van der Waals surface area contributed by atoms with Crippen LogP contribution in [-0.4, -0.2) is 17.1 Å². The highest BCUT2D eigenvalue weighted by Gasteiger charge is 2.13. The van der Waals surface area contributed by atoms with Crippen molar-refractivity contribution in [1.29, 1.82) is 5.26 Å². The van der Waals surface area contributed by atoms with Crippen molar-refractivity contribution < 1.29 is 13.5 Å². The molecule has 0 amide bonds. The quantitative estimate of drug-likeness (QED) is 0.922.